The number of carbonyl (C=O) groups excluding carboxylic acids is 1. The Labute approximate surface area is 217 Å². The second kappa shape index (κ2) is 11.9. The summed E-state index contributed by atoms with van der Waals surface area (Å²) in [6, 6.07) is 17.6. The minimum Gasteiger partial charge on any atom is -0.330 e. The van der Waals surface area contributed by atoms with Gasteiger partial charge in [-0.05, 0) is 36.6 Å². The van der Waals surface area contributed by atoms with E-state index in [9.17, 15) is 4.79 Å². The highest BCUT2D eigenvalue weighted by Crippen LogP contribution is 2.33. The van der Waals surface area contributed by atoms with Gasteiger partial charge < -0.3 is 15.2 Å². The summed E-state index contributed by atoms with van der Waals surface area (Å²) in [7, 11) is 0. The molecule has 0 spiro atoms. The Morgan fingerprint density at radius 1 is 1.11 bits per heavy atom. The van der Waals surface area contributed by atoms with Crippen molar-refractivity contribution in [2.75, 3.05) is 13.1 Å². The van der Waals surface area contributed by atoms with Crippen LogP contribution in [0.4, 0.5) is 0 Å². The van der Waals surface area contributed by atoms with Crippen LogP contribution in [0.2, 0.25) is 5.02 Å². The van der Waals surface area contributed by atoms with Gasteiger partial charge in [-0.2, -0.15) is 0 Å². The number of aromatic nitrogens is 4. The molecule has 2 aromatic heterocycles. The van der Waals surface area contributed by atoms with Crippen LogP contribution in [-0.4, -0.2) is 43.4 Å². The Balaban J connectivity index is 1.83. The van der Waals surface area contributed by atoms with E-state index in [1.165, 1.54) is 12.4 Å². The van der Waals surface area contributed by atoms with E-state index in [4.69, 9.17) is 22.3 Å². The third-order valence-corrected chi connectivity index (χ3v) is 6.24. The SMILES string of the molecule is CC(C)C(c1nc(-c2cccc(Cl)c2)cn1Cc1ccccc1)N(CCCN)C(=O)c1cnccn1. The van der Waals surface area contributed by atoms with E-state index < -0.39 is 0 Å². The molecule has 2 N–H and O–H groups in total. The van der Waals surface area contributed by atoms with Gasteiger partial charge in [-0.25, -0.2) is 9.97 Å². The molecule has 1 unspecified atom stereocenters. The second-order valence-electron chi connectivity index (χ2n) is 9.03. The van der Waals surface area contributed by atoms with Crippen molar-refractivity contribution in [1.82, 2.24) is 24.4 Å². The Morgan fingerprint density at radius 2 is 1.92 bits per heavy atom. The molecule has 1 atom stereocenters. The molecule has 0 aliphatic heterocycles. The monoisotopic (exact) mass is 502 g/mol. The number of nitrogens with zero attached hydrogens (tertiary/aromatic N) is 5. The van der Waals surface area contributed by atoms with Gasteiger partial charge in [-0.15, -0.1) is 0 Å². The molecule has 4 aromatic rings. The molecule has 186 valence electrons. The predicted octanol–water partition coefficient (Wildman–Crippen LogP) is 5.23. The van der Waals surface area contributed by atoms with Gasteiger partial charge in [0.2, 0.25) is 0 Å². The lowest BCUT2D eigenvalue weighted by molar-refractivity contribution is 0.0598. The van der Waals surface area contributed by atoms with Crippen LogP contribution < -0.4 is 5.73 Å². The largest absolute Gasteiger partial charge is 0.330 e. The minimum absolute atomic E-state index is 0.0764. The first kappa shape index (κ1) is 25.5. The smallest absolute Gasteiger partial charge is 0.274 e. The van der Waals surface area contributed by atoms with Crippen LogP contribution in [-0.2, 0) is 6.54 Å². The van der Waals surface area contributed by atoms with Gasteiger partial charge in [0.25, 0.3) is 5.91 Å². The van der Waals surface area contributed by atoms with E-state index in [0.717, 1.165) is 22.6 Å². The van der Waals surface area contributed by atoms with Crippen LogP contribution in [0.25, 0.3) is 11.3 Å². The Morgan fingerprint density at radius 3 is 2.58 bits per heavy atom. The van der Waals surface area contributed by atoms with Crippen LogP contribution in [0, 0.1) is 5.92 Å². The zero-order valence-corrected chi connectivity index (χ0v) is 21.3. The van der Waals surface area contributed by atoms with E-state index >= 15 is 0 Å². The van der Waals surface area contributed by atoms with Gasteiger partial charge in [0.15, 0.2) is 0 Å². The normalized spacial score (nSPS) is 12.0. The summed E-state index contributed by atoms with van der Waals surface area (Å²) in [5, 5.41) is 0.648. The molecule has 8 heteroatoms. The molecule has 7 nitrogen and oxygen atoms in total. The maximum absolute atomic E-state index is 13.7. The molecule has 0 saturated carbocycles. The predicted molar refractivity (Wildman–Crippen MR) is 143 cm³/mol. The molecule has 36 heavy (non-hydrogen) atoms. The van der Waals surface area contributed by atoms with Crippen molar-refractivity contribution in [3.8, 4) is 11.3 Å². The molecule has 0 saturated heterocycles. The van der Waals surface area contributed by atoms with Crippen molar-refractivity contribution in [2.45, 2.75) is 32.9 Å². The number of hydrogen-bond acceptors (Lipinski definition) is 5. The minimum atomic E-state index is -0.303. The fourth-order valence-electron chi connectivity index (χ4n) is 4.34. The zero-order chi connectivity index (χ0) is 25.5. The molecule has 0 bridgehead atoms. The molecule has 0 radical (unpaired) electrons. The highest BCUT2D eigenvalue weighted by Gasteiger charge is 2.33. The van der Waals surface area contributed by atoms with E-state index in [2.05, 4.69) is 40.5 Å². The first-order valence-electron chi connectivity index (χ1n) is 12.1. The number of nitrogens with two attached hydrogens (primary N) is 1. The summed E-state index contributed by atoms with van der Waals surface area (Å²) in [5.74, 6) is 0.694. The maximum atomic E-state index is 13.7. The first-order chi connectivity index (χ1) is 17.5. The summed E-state index contributed by atoms with van der Waals surface area (Å²) >= 11 is 6.29. The number of imidazole rings is 1. The third kappa shape index (κ3) is 5.98. The molecule has 2 heterocycles. The zero-order valence-electron chi connectivity index (χ0n) is 20.6. The van der Waals surface area contributed by atoms with Gasteiger partial charge in [-0.3, -0.25) is 9.78 Å². The lowest BCUT2D eigenvalue weighted by Gasteiger charge is -2.34. The summed E-state index contributed by atoms with van der Waals surface area (Å²) in [6.45, 7) is 5.78. The number of rotatable bonds is 10. The summed E-state index contributed by atoms with van der Waals surface area (Å²) in [5.41, 5.74) is 9.03. The molecule has 0 aliphatic rings. The number of halogens is 1. The highest BCUT2D eigenvalue weighted by atomic mass is 35.5. The fourth-order valence-corrected chi connectivity index (χ4v) is 4.53. The van der Waals surface area contributed by atoms with E-state index in [1.54, 1.807) is 6.20 Å². The van der Waals surface area contributed by atoms with Crippen LogP contribution in [0.15, 0.2) is 79.4 Å². The van der Waals surface area contributed by atoms with Crippen LogP contribution in [0.3, 0.4) is 0 Å². The van der Waals surface area contributed by atoms with Gasteiger partial charge in [0.1, 0.15) is 11.5 Å². The van der Waals surface area contributed by atoms with Crippen LogP contribution in [0.1, 0.15) is 48.2 Å². The lowest BCUT2D eigenvalue weighted by Crippen LogP contribution is -2.40. The quantitative estimate of drug-likeness (QED) is 0.320. The van der Waals surface area contributed by atoms with Gasteiger partial charge >= 0.3 is 0 Å². The number of carbonyl (C=O) groups is 1. The molecular formula is C28H31ClN6O. The maximum Gasteiger partial charge on any atom is 0.274 e. The van der Waals surface area contributed by atoms with Crippen molar-refractivity contribution in [2.24, 2.45) is 11.7 Å². The average Bonchev–Trinajstić information content (AvgIpc) is 3.30. The van der Waals surface area contributed by atoms with Crippen molar-refractivity contribution in [3.05, 3.63) is 101 Å². The fraction of sp³-hybridized carbons (Fsp3) is 0.286. The topological polar surface area (TPSA) is 89.9 Å². The van der Waals surface area contributed by atoms with Crippen LogP contribution >= 0.6 is 11.6 Å². The van der Waals surface area contributed by atoms with Gasteiger partial charge in [-0.1, -0.05) is 67.9 Å². The third-order valence-electron chi connectivity index (χ3n) is 6.00. The van der Waals surface area contributed by atoms with E-state index in [0.29, 0.717) is 36.8 Å². The van der Waals surface area contributed by atoms with Crippen LogP contribution in [0.5, 0.6) is 0 Å². The van der Waals surface area contributed by atoms with Crippen molar-refractivity contribution in [3.63, 3.8) is 0 Å². The summed E-state index contributed by atoms with van der Waals surface area (Å²) < 4.78 is 2.13. The molecule has 0 fully saturated rings. The summed E-state index contributed by atoms with van der Waals surface area (Å²) in [6.07, 6.45) is 7.30. The second-order valence-corrected chi connectivity index (χ2v) is 9.46. The van der Waals surface area contributed by atoms with Crippen molar-refractivity contribution in [1.29, 1.82) is 0 Å². The standard InChI is InChI=1S/C28H31ClN6O/c1-20(2)26(35(15-7-12-30)28(36)24-17-31-13-14-32-24)27-33-25(22-10-6-11-23(29)16-22)19-34(27)18-21-8-4-3-5-9-21/h3-6,8-11,13-14,16-17,19-20,26H,7,12,15,18,30H2,1-2H3. The van der Waals surface area contributed by atoms with E-state index in [1.807, 2.05) is 53.6 Å². The van der Waals surface area contributed by atoms with E-state index in [-0.39, 0.29) is 17.9 Å². The Kier molecular flexibility index (Phi) is 8.46. The van der Waals surface area contributed by atoms with Crippen molar-refractivity contribution < 1.29 is 4.79 Å². The Bertz CT molecular complexity index is 1280. The summed E-state index contributed by atoms with van der Waals surface area (Å²) in [4.78, 5) is 29.0. The number of hydrogen-bond donors (Lipinski definition) is 1. The molecule has 4 rings (SSSR count). The lowest BCUT2D eigenvalue weighted by atomic mass is 10.00. The number of amides is 1. The average molecular weight is 503 g/mol. The van der Waals surface area contributed by atoms with Gasteiger partial charge in [0.05, 0.1) is 17.9 Å². The highest BCUT2D eigenvalue weighted by molar-refractivity contribution is 6.30. The molecule has 2 aromatic carbocycles. The van der Waals surface area contributed by atoms with Crippen molar-refractivity contribution >= 4 is 17.5 Å². The molecular weight excluding hydrogens is 472 g/mol. The van der Waals surface area contributed by atoms with Gasteiger partial charge in [0, 0.05) is 42.3 Å². The number of benzene rings is 2. The molecule has 0 aliphatic carbocycles. The first-order valence-corrected chi connectivity index (χ1v) is 12.5. The Hall–Kier alpha value is -3.55. The molecule has 1 amide bonds.